The van der Waals surface area contributed by atoms with Crippen molar-refractivity contribution in [3.05, 3.63) is 35.4 Å². The maximum atomic E-state index is 12.6. The summed E-state index contributed by atoms with van der Waals surface area (Å²) < 4.78 is 16.5. The van der Waals surface area contributed by atoms with Crippen LogP contribution < -0.4 is 14.8 Å². The maximum Gasteiger partial charge on any atom is 0.311 e. The van der Waals surface area contributed by atoms with Crippen LogP contribution >= 0.6 is 0 Å². The van der Waals surface area contributed by atoms with Crippen LogP contribution in [-0.2, 0) is 16.1 Å². The van der Waals surface area contributed by atoms with Crippen molar-refractivity contribution in [2.45, 2.75) is 52.2 Å². The van der Waals surface area contributed by atoms with Gasteiger partial charge in [-0.05, 0) is 48.3 Å². The number of benzene rings is 1. The Kier molecular flexibility index (Phi) is 5.60. The SMILES string of the molecule is COc1ccc(CNC[C@@H]2C(=O)O[C@@H]3C[C@@]4(C)CCC[C@H](C)C4=C[C@H]23)cc1OC. The second-order valence-electron chi connectivity index (χ2n) is 9.16. The van der Waals surface area contributed by atoms with Crippen LogP contribution in [0.15, 0.2) is 29.8 Å². The fraction of sp³-hybridized carbons (Fsp3) is 0.625. The molecule has 5 atom stereocenters. The quantitative estimate of drug-likeness (QED) is 0.576. The highest BCUT2D eigenvalue weighted by atomic mass is 16.6. The summed E-state index contributed by atoms with van der Waals surface area (Å²) in [4.78, 5) is 12.6. The number of hydrogen-bond acceptors (Lipinski definition) is 5. The molecule has 1 saturated heterocycles. The van der Waals surface area contributed by atoms with Crippen LogP contribution in [0.4, 0.5) is 0 Å². The molecule has 1 saturated carbocycles. The highest BCUT2D eigenvalue weighted by Gasteiger charge is 2.51. The second-order valence-corrected chi connectivity index (χ2v) is 9.16. The highest BCUT2D eigenvalue weighted by Crippen LogP contribution is 2.53. The van der Waals surface area contributed by atoms with Crippen molar-refractivity contribution in [1.29, 1.82) is 0 Å². The molecule has 1 aromatic carbocycles. The van der Waals surface area contributed by atoms with Gasteiger partial charge in [0, 0.05) is 19.0 Å². The molecule has 1 aliphatic heterocycles. The number of ether oxygens (including phenoxy) is 3. The molecule has 1 heterocycles. The first kappa shape index (κ1) is 20.3. The predicted octanol–water partition coefficient (Wildman–Crippen LogP) is 4.11. The number of hydrogen-bond donors (Lipinski definition) is 1. The van der Waals surface area contributed by atoms with Crippen molar-refractivity contribution in [2.75, 3.05) is 20.8 Å². The van der Waals surface area contributed by atoms with E-state index < -0.39 is 0 Å². The minimum Gasteiger partial charge on any atom is -0.493 e. The van der Waals surface area contributed by atoms with Gasteiger partial charge < -0.3 is 19.5 Å². The molecule has 0 aromatic heterocycles. The number of fused-ring (bicyclic) bond motifs is 2. The molecule has 0 unspecified atom stereocenters. The topological polar surface area (TPSA) is 56.8 Å². The number of carbonyl (C=O) groups excluding carboxylic acids is 1. The molecule has 29 heavy (non-hydrogen) atoms. The minimum absolute atomic E-state index is 0.0365. The van der Waals surface area contributed by atoms with Crippen molar-refractivity contribution < 1.29 is 19.0 Å². The summed E-state index contributed by atoms with van der Waals surface area (Å²) in [5, 5.41) is 3.46. The predicted molar refractivity (Wildman–Crippen MR) is 112 cm³/mol. The van der Waals surface area contributed by atoms with Crippen LogP contribution in [0, 0.1) is 23.2 Å². The van der Waals surface area contributed by atoms with E-state index in [2.05, 4.69) is 25.2 Å². The van der Waals surface area contributed by atoms with Crippen LogP contribution in [0.3, 0.4) is 0 Å². The number of rotatable bonds is 6. The Hall–Kier alpha value is -2.01. The smallest absolute Gasteiger partial charge is 0.311 e. The molecule has 2 aliphatic carbocycles. The van der Waals surface area contributed by atoms with Gasteiger partial charge in [0.1, 0.15) is 6.10 Å². The van der Waals surface area contributed by atoms with E-state index in [9.17, 15) is 4.79 Å². The van der Waals surface area contributed by atoms with Crippen LogP contribution in [0.2, 0.25) is 0 Å². The fourth-order valence-electron chi connectivity index (χ4n) is 5.64. The number of esters is 1. The van der Waals surface area contributed by atoms with Crippen LogP contribution in [0.25, 0.3) is 0 Å². The summed E-state index contributed by atoms with van der Waals surface area (Å²) in [6, 6.07) is 5.90. The van der Waals surface area contributed by atoms with Crippen LogP contribution in [0.5, 0.6) is 11.5 Å². The lowest BCUT2D eigenvalue weighted by molar-refractivity contribution is -0.145. The van der Waals surface area contributed by atoms with Crippen molar-refractivity contribution in [3.8, 4) is 11.5 Å². The lowest BCUT2D eigenvalue weighted by atomic mass is 9.59. The molecule has 4 rings (SSSR count). The average Bonchev–Trinajstić information content (AvgIpc) is 3.00. The lowest BCUT2D eigenvalue weighted by Gasteiger charge is -2.46. The minimum atomic E-state index is -0.105. The second kappa shape index (κ2) is 8.02. The molecule has 3 aliphatic rings. The van der Waals surface area contributed by atoms with E-state index in [4.69, 9.17) is 14.2 Å². The van der Waals surface area contributed by atoms with E-state index in [1.165, 1.54) is 19.3 Å². The molecular formula is C24H33NO4. The Morgan fingerprint density at radius 3 is 2.79 bits per heavy atom. The molecular weight excluding hydrogens is 366 g/mol. The van der Waals surface area contributed by atoms with Gasteiger partial charge in [-0.1, -0.05) is 38.0 Å². The fourth-order valence-corrected chi connectivity index (χ4v) is 5.64. The van der Waals surface area contributed by atoms with Gasteiger partial charge in [0.25, 0.3) is 0 Å². The largest absolute Gasteiger partial charge is 0.493 e. The number of carbonyl (C=O) groups is 1. The molecule has 1 N–H and O–H groups in total. The van der Waals surface area contributed by atoms with E-state index in [-0.39, 0.29) is 29.3 Å². The lowest BCUT2D eigenvalue weighted by Crippen LogP contribution is -2.40. The van der Waals surface area contributed by atoms with Gasteiger partial charge in [-0.15, -0.1) is 0 Å². The summed E-state index contributed by atoms with van der Waals surface area (Å²) in [6.45, 7) is 6.00. The van der Waals surface area contributed by atoms with Gasteiger partial charge in [0.2, 0.25) is 0 Å². The third-order valence-electron chi connectivity index (χ3n) is 7.22. The van der Waals surface area contributed by atoms with Gasteiger partial charge in [-0.25, -0.2) is 0 Å². The van der Waals surface area contributed by atoms with Crippen molar-refractivity contribution in [1.82, 2.24) is 5.32 Å². The Bertz CT molecular complexity index is 804. The van der Waals surface area contributed by atoms with E-state index in [0.717, 1.165) is 23.5 Å². The van der Waals surface area contributed by atoms with Crippen LogP contribution in [0.1, 0.15) is 45.1 Å². The Labute approximate surface area is 173 Å². The van der Waals surface area contributed by atoms with E-state index in [0.29, 0.717) is 19.0 Å². The van der Waals surface area contributed by atoms with Gasteiger partial charge in [-0.2, -0.15) is 0 Å². The molecule has 1 aromatic rings. The summed E-state index contributed by atoms with van der Waals surface area (Å²) in [5.74, 6) is 2.10. The molecule has 0 bridgehead atoms. The average molecular weight is 400 g/mol. The Balaban J connectivity index is 1.44. The third-order valence-corrected chi connectivity index (χ3v) is 7.22. The Morgan fingerprint density at radius 2 is 2.03 bits per heavy atom. The third kappa shape index (κ3) is 3.77. The first-order valence-electron chi connectivity index (χ1n) is 10.8. The zero-order chi connectivity index (χ0) is 20.6. The number of nitrogens with one attached hydrogen (secondary N) is 1. The zero-order valence-electron chi connectivity index (χ0n) is 18.0. The molecule has 0 amide bonds. The van der Waals surface area contributed by atoms with E-state index in [1.807, 2.05) is 18.2 Å². The van der Waals surface area contributed by atoms with Gasteiger partial charge in [-0.3, -0.25) is 4.79 Å². The Morgan fingerprint density at radius 1 is 1.24 bits per heavy atom. The summed E-state index contributed by atoms with van der Waals surface area (Å²) in [5.41, 5.74) is 2.87. The monoisotopic (exact) mass is 399 g/mol. The number of allylic oxidation sites excluding steroid dienone is 1. The molecule has 158 valence electrons. The first-order valence-corrected chi connectivity index (χ1v) is 10.8. The molecule has 2 fully saturated rings. The van der Waals surface area contributed by atoms with Crippen molar-refractivity contribution in [3.63, 3.8) is 0 Å². The van der Waals surface area contributed by atoms with E-state index >= 15 is 0 Å². The van der Waals surface area contributed by atoms with Crippen molar-refractivity contribution in [2.24, 2.45) is 23.2 Å². The summed E-state index contributed by atoms with van der Waals surface area (Å²) >= 11 is 0. The normalized spacial score (nSPS) is 33.4. The van der Waals surface area contributed by atoms with Gasteiger partial charge in [0.15, 0.2) is 11.5 Å². The standard InChI is InChI=1S/C24H33NO4/c1-15-6-5-9-24(2)12-22-17(11-19(15)24)18(23(26)29-22)14-25-13-16-7-8-20(27-3)21(10-16)28-4/h7-8,10-11,15,17-18,22,25H,5-6,9,12-14H2,1-4H3/t15-,17+,18-,22+,24+/m0/s1. The maximum absolute atomic E-state index is 12.6. The number of methoxy groups -OCH3 is 2. The van der Waals surface area contributed by atoms with Gasteiger partial charge >= 0.3 is 5.97 Å². The highest BCUT2D eigenvalue weighted by molar-refractivity contribution is 5.76. The van der Waals surface area contributed by atoms with Gasteiger partial charge in [0.05, 0.1) is 20.1 Å². The van der Waals surface area contributed by atoms with Crippen molar-refractivity contribution >= 4 is 5.97 Å². The molecule has 0 spiro atoms. The molecule has 5 heteroatoms. The summed E-state index contributed by atoms with van der Waals surface area (Å²) in [6.07, 6.45) is 7.17. The molecule has 5 nitrogen and oxygen atoms in total. The molecule has 0 radical (unpaired) electrons. The van der Waals surface area contributed by atoms with Crippen LogP contribution in [-0.4, -0.2) is 32.8 Å². The van der Waals surface area contributed by atoms with E-state index in [1.54, 1.807) is 19.8 Å². The zero-order valence-corrected chi connectivity index (χ0v) is 18.0. The summed E-state index contributed by atoms with van der Waals surface area (Å²) in [7, 11) is 3.27. The first-order chi connectivity index (χ1) is 13.9.